The second kappa shape index (κ2) is 4.78. The lowest BCUT2D eigenvalue weighted by Gasteiger charge is -2.23. The first-order valence-corrected chi connectivity index (χ1v) is 5.97. The second-order valence-electron chi connectivity index (χ2n) is 4.63. The minimum atomic E-state index is 0.293. The number of carbonyl (C=O) groups excluding carboxylic acids is 1. The van der Waals surface area contributed by atoms with E-state index in [1.165, 1.54) is 32.4 Å². The molecule has 1 saturated heterocycles. The number of carbonyl (C=O) groups is 1. The summed E-state index contributed by atoms with van der Waals surface area (Å²) in [6, 6.07) is 0. The largest absolute Gasteiger partial charge is 0.350 e. The molecule has 1 saturated carbocycles. The van der Waals surface area contributed by atoms with Crippen LogP contribution in [0, 0.1) is 5.92 Å². The molecule has 0 spiro atoms. The van der Waals surface area contributed by atoms with Crippen LogP contribution in [0.5, 0.6) is 0 Å². The molecular formula is C11H21N2O+. The van der Waals surface area contributed by atoms with Crippen LogP contribution in [-0.2, 0) is 4.79 Å². The van der Waals surface area contributed by atoms with Gasteiger partial charge in [0.1, 0.15) is 0 Å². The highest BCUT2D eigenvalue weighted by Gasteiger charge is 2.29. The van der Waals surface area contributed by atoms with Crippen molar-refractivity contribution in [2.45, 2.75) is 32.1 Å². The van der Waals surface area contributed by atoms with Crippen molar-refractivity contribution in [3.05, 3.63) is 0 Å². The Morgan fingerprint density at radius 3 is 2.57 bits per heavy atom. The third kappa shape index (κ3) is 2.98. The first-order chi connectivity index (χ1) is 6.86. The number of rotatable bonds is 4. The number of hydrogen-bond donors (Lipinski definition) is 2. The fourth-order valence-corrected chi connectivity index (χ4v) is 2.15. The lowest BCUT2D eigenvalue weighted by atomic mass is 10.1. The molecule has 0 bridgehead atoms. The Morgan fingerprint density at radius 2 is 1.93 bits per heavy atom. The van der Waals surface area contributed by atoms with E-state index >= 15 is 0 Å². The molecule has 0 aromatic rings. The standard InChI is InChI=1S/C11H20N2O/c14-11(10-4-5-10)12-6-9-13-7-2-1-3-8-13/h10H,1-9H2,(H,12,14)/p+1. The Kier molecular flexibility index (Phi) is 3.40. The number of likely N-dealkylation sites (tertiary alicyclic amines) is 1. The molecule has 2 N–H and O–H groups in total. The van der Waals surface area contributed by atoms with E-state index in [0.717, 1.165) is 25.9 Å². The normalized spacial score (nSPS) is 23.4. The van der Waals surface area contributed by atoms with Crippen molar-refractivity contribution < 1.29 is 9.69 Å². The van der Waals surface area contributed by atoms with Gasteiger partial charge in [-0.2, -0.15) is 0 Å². The maximum Gasteiger partial charge on any atom is 0.223 e. The fourth-order valence-electron chi connectivity index (χ4n) is 2.15. The van der Waals surface area contributed by atoms with Crippen LogP contribution in [0.3, 0.4) is 0 Å². The molecule has 0 aromatic heterocycles. The van der Waals surface area contributed by atoms with Crippen LogP contribution < -0.4 is 10.2 Å². The molecule has 2 fully saturated rings. The van der Waals surface area contributed by atoms with Crippen molar-refractivity contribution in [2.24, 2.45) is 5.92 Å². The zero-order chi connectivity index (χ0) is 9.80. The third-order valence-corrected chi connectivity index (χ3v) is 3.29. The highest BCUT2D eigenvalue weighted by Crippen LogP contribution is 2.28. The van der Waals surface area contributed by atoms with Gasteiger partial charge in [-0.1, -0.05) is 0 Å². The molecule has 14 heavy (non-hydrogen) atoms. The zero-order valence-electron chi connectivity index (χ0n) is 8.85. The average Bonchev–Trinajstić information content (AvgIpc) is 3.02. The Balaban J connectivity index is 1.54. The van der Waals surface area contributed by atoms with Gasteiger partial charge in [0.2, 0.25) is 5.91 Å². The summed E-state index contributed by atoms with van der Waals surface area (Å²) in [6.45, 7) is 4.61. The number of nitrogens with one attached hydrogen (secondary N) is 2. The Morgan fingerprint density at radius 1 is 1.21 bits per heavy atom. The highest BCUT2D eigenvalue weighted by atomic mass is 16.2. The summed E-state index contributed by atoms with van der Waals surface area (Å²) in [5.41, 5.74) is 0. The van der Waals surface area contributed by atoms with Crippen LogP contribution in [0.2, 0.25) is 0 Å². The minimum absolute atomic E-state index is 0.293. The first kappa shape index (κ1) is 9.97. The summed E-state index contributed by atoms with van der Waals surface area (Å²) in [5, 5.41) is 3.03. The summed E-state index contributed by atoms with van der Waals surface area (Å²) in [4.78, 5) is 13.0. The van der Waals surface area contributed by atoms with Crippen molar-refractivity contribution in [3.63, 3.8) is 0 Å². The van der Waals surface area contributed by atoms with Gasteiger partial charge in [-0.3, -0.25) is 4.79 Å². The number of quaternary nitrogens is 1. The third-order valence-electron chi connectivity index (χ3n) is 3.29. The summed E-state index contributed by atoms with van der Waals surface area (Å²) in [7, 11) is 0. The second-order valence-corrected chi connectivity index (χ2v) is 4.63. The molecule has 80 valence electrons. The van der Waals surface area contributed by atoms with Gasteiger partial charge in [0.05, 0.1) is 26.2 Å². The topological polar surface area (TPSA) is 33.5 Å². The number of piperidine rings is 1. The molecule has 0 atom stereocenters. The van der Waals surface area contributed by atoms with Gasteiger partial charge in [-0.15, -0.1) is 0 Å². The van der Waals surface area contributed by atoms with Gasteiger partial charge in [-0.05, 0) is 32.1 Å². The predicted molar refractivity (Wildman–Crippen MR) is 55.1 cm³/mol. The molecule has 1 heterocycles. The lowest BCUT2D eigenvalue weighted by Crippen LogP contribution is -3.13. The Bertz CT molecular complexity index is 195. The molecule has 0 unspecified atom stereocenters. The van der Waals surface area contributed by atoms with Crippen LogP contribution in [0.25, 0.3) is 0 Å². The monoisotopic (exact) mass is 197 g/mol. The van der Waals surface area contributed by atoms with Crippen LogP contribution in [0.15, 0.2) is 0 Å². The zero-order valence-corrected chi connectivity index (χ0v) is 8.85. The maximum atomic E-state index is 11.3. The summed E-state index contributed by atoms with van der Waals surface area (Å²) in [5.74, 6) is 0.660. The molecule has 1 amide bonds. The molecule has 1 aliphatic carbocycles. The summed E-state index contributed by atoms with van der Waals surface area (Å²) < 4.78 is 0. The SMILES string of the molecule is O=C(NCC[NH+]1CCCCC1)C1CC1. The van der Waals surface area contributed by atoms with Gasteiger partial charge < -0.3 is 10.2 Å². The molecule has 3 nitrogen and oxygen atoms in total. The minimum Gasteiger partial charge on any atom is -0.350 e. The van der Waals surface area contributed by atoms with Gasteiger partial charge in [0, 0.05) is 5.92 Å². The quantitative estimate of drug-likeness (QED) is 0.631. The van der Waals surface area contributed by atoms with E-state index < -0.39 is 0 Å². The number of hydrogen-bond acceptors (Lipinski definition) is 1. The van der Waals surface area contributed by atoms with Gasteiger partial charge in [-0.25, -0.2) is 0 Å². The highest BCUT2D eigenvalue weighted by molar-refractivity contribution is 5.80. The molecule has 0 aromatic carbocycles. The summed E-state index contributed by atoms with van der Waals surface area (Å²) >= 11 is 0. The van der Waals surface area contributed by atoms with Crippen molar-refractivity contribution >= 4 is 5.91 Å². The van der Waals surface area contributed by atoms with E-state index in [1.54, 1.807) is 4.90 Å². The van der Waals surface area contributed by atoms with Crippen molar-refractivity contribution in [3.8, 4) is 0 Å². The van der Waals surface area contributed by atoms with Crippen LogP contribution in [0.4, 0.5) is 0 Å². The van der Waals surface area contributed by atoms with Gasteiger partial charge in [0.15, 0.2) is 0 Å². The fraction of sp³-hybridized carbons (Fsp3) is 0.909. The first-order valence-electron chi connectivity index (χ1n) is 5.97. The Hall–Kier alpha value is -0.570. The number of amides is 1. The van der Waals surface area contributed by atoms with Gasteiger partial charge in [0.25, 0.3) is 0 Å². The van der Waals surface area contributed by atoms with Crippen LogP contribution >= 0.6 is 0 Å². The lowest BCUT2D eigenvalue weighted by molar-refractivity contribution is -0.903. The van der Waals surface area contributed by atoms with Crippen molar-refractivity contribution in [1.29, 1.82) is 0 Å². The van der Waals surface area contributed by atoms with Crippen LogP contribution in [-0.4, -0.2) is 32.1 Å². The maximum absolute atomic E-state index is 11.3. The van der Waals surface area contributed by atoms with Crippen molar-refractivity contribution in [1.82, 2.24) is 5.32 Å². The predicted octanol–water partition coefficient (Wildman–Crippen LogP) is -0.419. The Labute approximate surface area is 85.8 Å². The average molecular weight is 197 g/mol. The molecular weight excluding hydrogens is 176 g/mol. The molecule has 2 aliphatic rings. The molecule has 0 radical (unpaired) electrons. The van der Waals surface area contributed by atoms with Crippen LogP contribution in [0.1, 0.15) is 32.1 Å². The van der Waals surface area contributed by atoms with Gasteiger partial charge >= 0.3 is 0 Å². The molecule has 2 rings (SSSR count). The van der Waals surface area contributed by atoms with E-state index in [4.69, 9.17) is 0 Å². The smallest absolute Gasteiger partial charge is 0.223 e. The van der Waals surface area contributed by atoms with E-state index in [0.29, 0.717) is 11.8 Å². The molecule has 1 aliphatic heterocycles. The van der Waals surface area contributed by atoms with E-state index in [2.05, 4.69) is 5.32 Å². The van der Waals surface area contributed by atoms with E-state index in [1.807, 2.05) is 0 Å². The van der Waals surface area contributed by atoms with E-state index in [-0.39, 0.29) is 0 Å². The molecule has 3 heteroatoms. The van der Waals surface area contributed by atoms with E-state index in [9.17, 15) is 4.79 Å². The summed E-state index contributed by atoms with van der Waals surface area (Å²) in [6.07, 6.45) is 6.36. The van der Waals surface area contributed by atoms with Crippen molar-refractivity contribution in [2.75, 3.05) is 26.2 Å².